The Morgan fingerprint density at radius 3 is 2.26 bits per heavy atom. The van der Waals surface area contributed by atoms with Gasteiger partial charge in [0, 0.05) is 25.2 Å². The molecular weight excluding hydrogens is 292 g/mol. The SMILES string of the molecule is CC(NCCN(C(=O)OC(C)(C)C)C(C)C)c1ccc(O)cc1. The Kier molecular flexibility index (Phi) is 6.88. The van der Waals surface area contributed by atoms with E-state index in [-0.39, 0.29) is 23.9 Å². The Bertz CT molecular complexity index is 492. The summed E-state index contributed by atoms with van der Waals surface area (Å²) in [6, 6.07) is 7.35. The van der Waals surface area contributed by atoms with Gasteiger partial charge in [-0.15, -0.1) is 0 Å². The Balaban J connectivity index is 2.52. The molecule has 1 atom stereocenters. The summed E-state index contributed by atoms with van der Waals surface area (Å²) in [5.41, 5.74) is 0.605. The minimum atomic E-state index is -0.489. The van der Waals surface area contributed by atoms with Crippen LogP contribution in [0.25, 0.3) is 0 Å². The number of ether oxygens (including phenoxy) is 1. The van der Waals surface area contributed by atoms with Gasteiger partial charge in [-0.3, -0.25) is 0 Å². The molecule has 23 heavy (non-hydrogen) atoms. The normalized spacial score (nSPS) is 13.0. The van der Waals surface area contributed by atoms with E-state index in [1.54, 1.807) is 17.0 Å². The molecule has 0 aliphatic carbocycles. The van der Waals surface area contributed by atoms with E-state index in [9.17, 15) is 9.90 Å². The summed E-state index contributed by atoms with van der Waals surface area (Å²) in [7, 11) is 0. The largest absolute Gasteiger partial charge is 0.508 e. The van der Waals surface area contributed by atoms with Crippen molar-refractivity contribution in [2.75, 3.05) is 13.1 Å². The molecule has 0 spiro atoms. The van der Waals surface area contributed by atoms with Gasteiger partial charge in [-0.25, -0.2) is 4.79 Å². The molecule has 1 unspecified atom stereocenters. The highest BCUT2D eigenvalue weighted by molar-refractivity contribution is 5.68. The van der Waals surface area contributed by atoms with Crippen LogP contribution in [0.15, 0.2) is 24.3 Å². The summed E-state index contributed by atoms with van der Waals surface area (Å²) in [6.45, 7) is 12.9. The number of carbonyl (C=O) groups is 1. The van der Waals surface area contributed by atoms with Gasteiger partial charge in [-0.2, -0.15) is 0 Å². The molecule has 1 aromatic rings. The predicted octanol–water partition coefficient (Wildman–Crippen LogP) is 3.69. The second-order valence-electron chi connectivity index (χ2n) is 7.03. The summed E-state index contributed by atoms with van der Waals surface area (Å²) in [5.74, 6) is 0.261. The average Bonchev–Trinajstić information content (AvgIpc) is 2.41. The minimum Gasteiger partial charge on any atom is -0.508 e. The lowest BCUT2D eigenvalue weighted by molar-refractivity contribution is 0.0192. The Morgan fingerprint density at radius 1 is 1.22 bits per heavy atom. The van der Waals surface area contributed by atoms with Crippen LogP contribution in [0.5, 0.6) is 5.75 Å². The van der Waals surface area contributed by atoms with Crippen molar-refractivity contribution in [1.29, 1.82) is 0 Å². The Labute approximate surface area is 139 Å². The van der Waals surface area contributed by atoms with Gasteiger partial charge in [0.05, 0.1) is 0 Å². The van der Waals surface area contributed by atoms with E-state index in [1.165, 1.54) is 0 Å². The van der Waals surface area contributed by atoms with Crippen molar-refractivity contribution >= 4 is 6.09 Å². The van der Waals surface area contributed by atoms with Crippen molar-refractivity contribution in [2.45, 2.75) is 59.2 Å². The van der Waals surface area contributed by atoms with Crippen molar-refractivity contribution in [1.82, 2.24) is 10.2 Å². The number of nitrogens with one attached hydrogen (secondary N) is 1. The summed E-state index contributed by atoms with van der Waals surface area (Å²) in [6.07, 6.45) is -0.286. The number of hydrogen-bond acceptors (Lipinski definition) is 4. The van der Waals surface area contributed by atoms with Crippen molar-refractivity contribution < 1.29 is 14.6 Å². The molecule has 0 radical (unpaired) electrons. The molecule has 0 heterocycles. The number of hydrogen-bond donors (Lipinski definition) is 2. The standard InChI is InChI=1S/C18H30N2O3/c1-13(2)20(17(22)23-18(4,5)6)12-11-19-14(3)15-7-9-16(21)10-8-15/h7-10,13-14,19,21H,11-12H2,1-6H3. The lowest BCUT2D eigenvalue weighted by atomic mass is 10.1. The molecule has 1 amide bonds. The number of nitrogens with zero attached hydrogens (tertiary/aromatic N) is 1. The van der Waals surface area contributed by atoms with Gasteiger partial charge >= 0.3 is 6.09 Å². The van der Waals surface area contributed by atoms with Crippen molar-refractivity contribution in [3.63, 3.8) is 0 Å². The number of amides is 1. The number of benzene rings is 1. The molecule has 0 fully saturated rings. The average molecular weight is 322 g/mol. The lowest BCUT2D eigenvalue weighted by Gasteiger charge is -2.30. The fourth-order valence-corrected chi connectivity index (χ4v) is 2.16. The van der Waals surface area contributed by atoms with Crippen LogP contribution in [0.2, 0.25) is 0 Å². The monoisotopic (exact) mass is 322 g/mol. The van der Waals surface area contributed by atoms with E-state index >= 15 is 0 Å². The molecule has 0 bridgehead atoms. The molecule has 2 N–H and O–H groups in total. The van der Waals surface area contributed by atoms with E-state index in [4.69, 9.17) is 4.74 Å². The van der Waals surface area contributed by atoms with Crippen LogP contribution in [0.3, 0.4) is 0 Å². The van der Waals surface area contributed by atoms with E-state index in [0.29, 0.717) is 13.1 Å². The highest BCUT2D eigenvalue weighted by atomic mass is 16.6. The van der Waals surface area contributed by atoms with Crippen LogP contribution in [-0.4, -0.2) is 40.8 Å². The molecule has 5 nitrogen and oxygen atoms in total. The molecule has 0 aliphatic rings. The van der Waals surface area contributed by atoms with E-state index in [0.717, 1.165) is 5.56 Å². The first kappa shape index (κ1) is 19.3. The van der Waals surface area contributed by atoms with Crippen molar-refractivity contribution in [3.8, 4) is 5.75 Å². The van der Waals surface area contributed by atoms with Crippen LogP contribution in [0, 0.1) is 0 Å². The third-order valence-electron chi connectivity index (χ3n) is 3.45. The van der Waals surface area contributed by atoms with Crippen LogP contribution >= 0.6 is 0 Å². The van der Waals surface area contributed by atoms with Crippen molar-refractivity contribution in [3.05, 3.63) is 29.8 Å². The molecule has 5 heteroatoms. The van der Waals surface area contributed by atoms with E-state index < -0.39 is 5.60 Å². The van der Waals surface area contributed by atoms with Crippen LogP contribution in [0.1, 0.15) is 53.1 Å². The number of aromatic hydroxyl groups is 1. The number of carbonyl (C=O) groups excluding carboxylic acids is 1. The quantitative estimate of drug-likeness (QED) is 0.838. The maximum Gasteiger partial charge on any atom is 0.410 e. The zero-order valence-corrected chi connectivity index (χ0v) is 15.1. The summed E-state index contributed by atoms with van der Waals surface area (Å²) >= 11 is 0. The van der Waals surface area contributed by atoms with Gasteiger partial charge in [0.1, 0.15) is 11.4 Å². The topological polar surface area (TPSA) is 61.8 Å². The molecular formula is C18H30N2O3. The van der Waals surface area contributed by atoms with Crippen LogP contribution < -0.4 is 5.32 Å². The molecule has 0 saturated carbocycles. The van der Waals surface area contributed by atoms with Gasteiger partial charge in [-0.1, -0.05) is 12.1 Å². The first-order valence-corrected chi connectivity index (χ1v) is 8.12. The second-order valence-corrected chi connectivity index (χ2v) is 7.03. The van der Waals surface area contributed by atoms with Crippen LogP contribution in [0.4, 0.5) is 4.79 Å². The Hall–Kier alpha value is -1.75. The highest BCUT2D eigenvalue weighted by Crippen LogP contribution is 2.16. The Morgan fingerprint density at radius 2 is 1.78 bits per heavy atom. The lowest BCUT2D eigenvalue weighted by Crippen LogP contribution is -2.44. The molecule has 1 aromatic carbocycles. The first-order valence-electron chi connectivity index (χ1n) is 8.12. The second kappa shape index (κ2) is 8.20. The van der Waals surface area contributed by atoms with Crippen LogP contribution in [-0.2, 0) is 4.74 Å². The number of phenols is 1. The van der Waals surface area contributed by atoms with Gasteiger partial charge in [0.25, 0.3) is 0 Å². The summed E-state index contributed by atoms with van der Waals surface area (Å²) < 4.78 is 5.45. The third-order valence-corrected chi connectivity index (χ3v) is 3.45. The molecule has 0 aliphatic heterocycles. The van der Waals surface area contributed by atoms with Crippen molar-refractivity contribution in [2.24, 2.45) is 0 Å². The first-order chi connectivity index (χ1) is 10.6. The number of phenolic OH excluding ortho intramolecular Hbond substituents is 1. The molecule has 130 valence electrons. The fraction of sp³-hybridized carbons (Fsp3) is 0.611. The zero-order valence-electron chi connectivity index (χ0n) is 15.1. The highest BCUT2D eigenvalue weighted by Gasteiger charge is 2.23. The molecule has 0 saturated heterocycles. The van der Waals surface area contributed by atoms with Gasteiger partial charge < -0.3 is 20.1 Å². The van der Waals surface area contributed by atoms with E-state index in [2.05, 4.69) is 12.2 Å². The minimum absolute atomic E-state index is 0.0793. The molecule has 0 aromatic heterocycles. The van der Waals surface area contributed by atoms with E-state index in [1.807, 2.05) is 46.8 Å². The predicted molar refractivity (Wildman–Crippen MR) is 92.6 cm³/mol. The van der Waals surface area contributed by atoms with Gasteiger partial charge in [0.2, 0.25) is 0 Å². The maximum atomic E-state index is 12.2. The molecule has 1 rings (SSSR count). The number of rotatable bonds is 6. The van der Waals surface area contributed by atoms with Gasteiger partial charge in [-0.05, 0) is 59.2 Å². The summed E-state index contributed by atoms with van der Waals surface area (Å²) in [4.78, 5) is 14.0. The maximum absolute atomic E-state index is 12.2. The summed E-state index contributed by atoms with van der Waals surface area (Å²) in [5, 5.41) is 12.7. The fourth-order valence-electron chi connectivity index (χ4n) is 2.16. The van der Waals surface area contributed by atoms with Gasteiger partial charge in [0.15, 0.2) is 0 Å². The third kappa shape index (κ3) is 6.91. The smallest absolute Gasteiger partial charge is 0.410 e. The zero-order chi connectivity index (χ0) is 17.6.